The van der Waals surface area contributed by atoms with Gasteiger partial charge in [0, 0.05) is 5.39 Å². The molecular weight excluding hydrogens is 310 g/mol. The van der Waals surface area contributed by atoms with Crippen LogP contribution in [0, 0.1) is 0 Å². The molecule has 3 aromatic rings. The summed E-state index contributed by atoms with van der Waals surface area (Å²) >= 11 is 0. The molecule has 4 nitrogen and oxygen atoms in total. The summed E-state index contributed by atoms with van der Waals surface area (Å²) in [7, 11) is 0. The Kier molecular flexibility index (Phi) is 5.99. The molecule has 0 unspecified atom stereocenters. The average molecular weight is 333 g/mol. The van der Waals surface area contributed by atoms with Gasteiger partial charge in [-0.25, -0.2) is 4.98 Å². The van der Waals surface area contributed by atoms with E-state index in [1.165, 1.54) is 12.8 Å². The molecule has 0 radical (unpaired) electrons. The Labute approximate surface area is 148 Å². The van der Waals surface area contributed by atoms with Crippen molar-refractivity contribution in [2.45, 2.75) is 26.2 Å². The molecule has 1 heterocycles. The maximum Gasteiger partial charge on any atom is 0.146 e. The molecule has 0 amide bonds. The van der Waals surface area contributed by atoms with Crippen LogP contribution in [0.15, 0.2) is 65.8 Å². The van der Waals surface area contributed by atoms with Crippen molar-refractivity contribution in [2.75, 3.05) is 12.0 Å². The largest absolute Gasteiger partial charge is 0.494 e. The average Bonchev–Trinajstić information content (AvgIpc) is 2.66. The van der Waals surface area contributed by atoms with Gasteiger partial charge < -0.3 is 4.74 Å². The van der Waals surface area contributed by atoms with Gasteiger partial charge in [-0.05, 0) is 54.4 Å². The quantitative estimate of drug-likeness (QED) is 0.348. The van der Waals surface area contributed by atoms with Crippen LogP contribution in [0.25, 0.3) is 10.9 Å². The third-order valence-corrected chi connectivity index (χ3v) is 3.89. The summed E-state index contributed by atoms with van der Waals surface area (Å²) in [5.41, 5.74) is 4.93. The second-order valence-corrected chi connectivity index (χ2v) is 5.88. The van der Waals surface area contributed by atoms with Gasteiger partial charge in [0.1, 0.15) is 11.6 Å². The number of para-hydroxylation sites is 1. The molecule has 0 saturated heterocycles. The molecule has 0 atom stereocenters. The van der Waals surface area contributed by atoms with Crippen molar-refractivity contribution in [3.8, 4) is 5.75 Å². The highest BCUT2D eigenvalue weighted by Crippen LogP contribution is 2.15. The first kappa shape index (κ1) is 17.0. The number of hydrogen-bond donors (Lipinski definition) is 1. The predicted octanol–water partition coefficient (Wildman–Crippen LogP) is 5.25. The number of aromatic nitrogens is 1. The molecule has 0 aliphatic heterocycles. The number of ether oxygens (including phenoxy) is 1. The first-order valence-corrected chi connectivity index (χ1v) is 8.73. The Balaban J connectivity index is 1.54. The third-order valence-electron chi connectivity index (χ3n) is 3.89. The minimum absolute atomic E-state index is 0.728. The lowest BCUT2D eigenvalue weighted by molar-refractivity contribution is 0.306. The number of nitrogens with one attached hydrogen (secondary N) is 1. The smallest absolute Gasteiger partial charge is 0.146 e. The van der Waals surface area contributed by atoms with Crippen LogP contribution in [0.5, 0.6) is 5.75 Å². The fourth-order valence-corrected chi connectivity index (χ4v) is 2.49. The number of hydrogen-bond acceptors (Lipinski definition) is 4. The molecule has 3 rings (SSSR count). The van der Waals surface area contributed by atoms with Crippen LogP contribution >= 0.6 is 0 Å². The zero-order valence-electron chi connectivity index (χ0n) is 14.5. The highest BCUT2D eigenvalue weighted by molar-refractivity contribution is 5.81. The van der Waals surface area contributed by atoms with Gasteiger partial charge in [0.2, 0.25) is 0 Å². The monoisotopic (exact) mass is 333 g/mol. The summed E-state index contributed by atoms with van der Waals surface area (Å²) in [5.74, 6) is 1.63. The summed E-state index contributed by atoms with van der Waals surface area (Å²) in [4.78, 5) is 4.52. The van der Waals surface area contributed by atoms with Gasteiger partial charge in [0.25, 0.3) is 0 Å². The summed E-state index contributed by atoms with van der Waals surface area (Å²) in [6.45, 7) is 2.96. The molecule has 1 aromatic heterocycles. The van der Waals surface area contributed by atoms with Crippen molar-refractivity contribution in [2.24, 2.45) is 5.10 Å². The van der Waals surface area contributed by atoms with E-state index in [0.717, 1.165) is 41.1 Å². The molecule has 0 aliphatic rings. The summed E-state index contributed by atoms with van der Waals surface area (Å²) in [6.07, 6.45) is 5.29. The minimum Gasteiger partial charge on any atom is -0.494 e. The zero-order valence-corrected chi connectivity index (χ0v) is 14.5. The minimum atomic E-state index is 0.728. The molecule has 1 N–H and O–H groups in total. The van der Waals surface area contributed by atoms with Crippen LogP contribution in [-0.4, -0.2) is 17.8 Å². The molecule has 0 fully saturated rings. The first-order valence-electron chi connectivity index (χ1n) is 8.73. The highest BCUT2D eigenvalue weighted by atomic mass is 16.5. The zero-order chi connectivity index (χ0) is 17.3. The molecule has 0 spiro atoms. The number of rotatable bonds is 8. The van der Waals surface area contributed by atoms with Gasteiger partial charge in [-0.15, -0.1) is 0 Å². The van der Waals surface area contributed by atoms with Gasteiger partial charge in [-0.2, -0.15) is 5.10 Å². The topological polar surface area (TPSA) is 46.5 Å². The van der Waals surface area contributed by atoms with Gasteiger partial charge in [-0.1, -0.05) is 38.0 Å². The van der Waals surface area contributed by atoms with Gasteiger partial charge in [0.15, 0.2) is 0 Å². The van der Waals surface area contributed by atoms with Crippen molar-refractivity contribution < 1.29 is 4.74 Å². The molecule has 0 bridgehead atoms. The Morgan fingerprint density at radius 1 is 1.00 bits per heavy atom. The lowest BCUT2D eigenvalue weighted by Crippen LogP contribution is -1.97. The third kappa shape index (κ3) is 5.05. The number of pyridine rings is 1. The number of nitrogens with zero attached hydrogens (tertiary/aromatic N) is 2. The highest BCUT2D eigenvalue weighted by Gasteiger charge is 1.97. The fraction of sp³-hybridized carbons (Fsp3) is 0.238. The van der Waals surface area contributed by atoms with E-state index in [2.05, 4.69) is 22.4 Å². The maximum absolute atomic E-state index is 5.71. The van der Waals surface area contributed by atoms with Crippen LogP contribution in [0.1, 0.15) is 31.7 Å². The van der Waals surface area contributed by atoms with E-state index < -0.39 is 0 Å². The lowest BCUT2D eigenvalue weighted by atomic mass is 10.2. The van der Waals surface area contributed by atoms with Gasteiger partial charge in [-0.3, -0.25) is 5.43 Å². The van der Waals surface area contributed by atoms with E-state index in [4.69, 9.17) is 4.74 Å². The number of unbranched alkanes of at least 4 members (excludes halogenated alkanes) is 2. The van der Waals surface area contributed by atoms with Crippen molar-refractivity contribution in [1.82, 2.24) is 4.98 Å². The molecular formula is C21H23N3O. The predicted molar refractivity (Wildman–Crippen MR) is 104 cm³/mol. The Morgan fingerprint density at radius 2 is 1.84 bits per heavy atom. The first-order chi connectivity index (χ1) is 12.3. The normalized spacial score (nSPS) is 11.1. The van der Waals surface area contributed by atoms with E-state index in [9.17, 15) is 0 Å². The molecule has 25 heavy (non-hydrogen) atoms. The molecule has 4 heteroatoms. The number of hydrazone groups is 1. The van der Waals surface area contributed by atoms with Crippen LogP contribution in [0.3, 0.4) is 0 Å². The summed E-state index contributed by atoms with van der Waals surface area (Å²) < 4.78 is 5.71. The van der Waals surface area contributed by atoms with E-state index in [1.807, 2.05) is 60.7 Å². The fourth-order valence-electron chi connectivity index (χ4n) is 2.49. The number of fused-ring (bicyclic) bond motifs is 1. The van der Waals surface area contributed by atoms with Crippen molar-refractivity contribution in [1.29, 1.82) is 0 Å². The van der Waals surface area contributed by atoms with E-state index >= 15 is 0 Å². The van der Waals surface area contributed by atoms with Gasteiger partial charge >= 0.3 is 0 Å². The van der Waals surface area contributed by atoms with E-state index in [1.54, 1.807) is 6.21 Å². The Bertz CT molecular complexity index is 828. The Morgan fingerprint density at radius 3 is 2.68 bits per heavy atom. The second kappa shape index (κ2) is 8.83. The SMILES string of the molecule is CCCCCOc1ccc(/C=N\Nc2ccc3ccccc3n2)cc1. The number of benzene rings is 2. The summed E-state index contributed by atoms with van der Waals surface area (Å²) in [5, 5.41) is 5.37. The van der Waals surface area contributed by atoms with Crippen LogP contribution in [-0.2, 0) is 0 Å². The molecule has 0 aliphatic carbocycles. The lowest BCUT2D eigenvalue weighted by Gasteiger charge is -2.05. The second-order valence-electron chi connectivity index (χ2n) is 5.88. The van der Waals surface area contributed by atoms with Crippen molar-refractivity contribution in [3.63, 3.8) is 0 Å². The van der Waals surface area contributed by atoms with Crippen LogP contribution in [0.2, 0.25) is 0 Å². The van der Waals surface area contributed by atoms with Gasteiger partial charge in [0.05, 0.1) is 18.3 Å². The number of anilines is 1. The molecule has 2 aromatic carbocycles. The van der Waals surface area contributed by atoms with Crippen LogP contribution < -0.4 is 10.2 Å². The van der Waals surface area contributed by atoms with Crippen molar-refractivity contribution in [3.05, 3.63) is 66.2 Å². The molecule has 128 valence electrons. The van der Waals surface area contributed by atoms with E-state index in [-0.39, 0.29) is 0 Å². The standard InChI is InChI=1S/C21H23N3O/c1-2-3-6-15-25-19-12-9-17(10-13-19)16-22-24-21-14-11-18-7-4-5-8-20(18)23-21/h4-5,7-14,16H,2-3,6,15H2,1H3,(H,23,24)/b22-16-. The van der Waals surface area contributed by atoms with E-state index in [0.29, 0.717) is 0 Å². The Hall–Kier alpha value is -2.88. The maximum atomic E-state index is 5.71. The summed E-state index contributed by atoms with van der Waals surface area (Å²) in [6, 6.07) is 19.9. The van der Waals surface area contributed by atoms with Crippen molar-refractivity contribution >= 4 is 22.9 Å². The molecule has 0 saturated carbocycles. The van der Waals surface area contributed by atoms with Crippen LogP contribution in [0.4, 0.5) is 5.82 Å².